The highest BCUT2D eigenvalue weighted by Crippen LogP contribution is 2.37. The highest BCUT2D eigenvalue weighted by atomic mass is 79.9. The molecule has 0 unspecified atom stereocenters. The molecule has 0 radical (unpaired) electrons. The van der Waals surface area contributed by atoms with Gasteiger partial charge in [0.1, 0.15) is 0 Å². The van der Waals surface area contributed by atoms with Gasteiger partial charge in [-0.1, -0.05) is 28.1 Å². The summed E-state index contributed by atoms with van der Waals surface area (Å²) < 4.78 is 40.3. The number of alkyl halides is 3. The van der Waals surface area contributed by atoms with Gasteiger partial charge in [-0.15, -0.1) is 0 Å². The van der Waals surface area contributed by atoms with Gasteiger partial charge < -0.3 is 4.57 Å². The van der Waals surface area contributed by atoms with Gasteiger partial charge >= 0.3 is 6.18 Å². The van der Waals surface area contributed by atoms with Gasteiger partial charge in [-0.3, -0.25) is 0 Å². The van der Waals surface area contributed by atoms with Crippen LogP contribution in [0.25, 0.3) is 0 Å². The third-order valence-electron chi connectivity index (χ3n) is 2.30. The summed E-state index contributed by atoms with van der Waals surface area (Å²) in [5, 5.41) is 0. The second-order valence-electron chi connectivity index (χ2n) is 3.51. The summed E-state index contributed by atoms with van der Waals surface area (Å²) in [6.07, 6.45) is 0.281. The molecule has 2 nitrogen and oxygen atoms in total. The Labute approximate surface area is 104 Å². The lowest BCUT2D eigenvalue weighted by Gasteiger charge is -2.14. The zero-order chi connectivity index (χ0) is 12.5. The van der Waals surface area contributed by atoms with Crippen molar-refractivity contribution >= 4 is 15.9 Å². The molecule has 0 aliphatic heterocycles. The SMILES string of the molecule is FC(F)(F)c1c(Br)cccc1Cn1ccnc1. The Balaban J connectivity index is 2.43. The molecule has 0 bridgehead atoms. The van der Waals surface area contributed by atoms with Crippen LogP contribution in [0.1, 0.15) is 11.1 Å². The van der Waals surface area contributed by atoms with Gasteiger partial charge in [0, 0.05) is 23.4 Å². The van der Waals surface area contributed by atoms with E-state index in [0.29, 0.717) is 0 Å². The summed E-state index contributed by atoms with van der Waals surface area (Å²) in [4.78, 5) is 3.80. The summed E-state index contributed by atoms with van der Waals surface area (Å²) in [7, 11) is 0. The topological polar surface area (TPSA) is 17.8 Å². The summed E-state index contributed by atoms with van der Waals surface area (Å²) in [6.45, 7) is 0.147. The highest BCUT2D eigenvalue weighted by molar-refractivity contribution is 9.10. The van der Waals surface area contributed by atoms with E-state index in [1.807, 2.05) is 0 Å². The number of benzene rings is 1. The molecule has 1 heterocycles. The minimum atomic E-state index is -4.37. The van der Waals surface area contributed by atoms with E-state index in [-0.39, 0.29) is 16.6 Å². The van der Waals surface area contributed by atoms with Gasteiger partial charge in [0.25, 0.3) is 0 Å². The standard InChI is InChI=1S/C11H8BrF3N2/c12-9-3-1-2-8(10(9)11(13,14)15)6-17-5-4-16-7-17/h1-5,7H,6H2. The zero-order valence-electron chi connectivity index (χ0n) is 8.58. The number of aromatic nitrogens is 2. The van der Waals surface area contributed by atoms with Gasteiger partial charge in [-0.2, -0.15) is 13.2 Å². The first-order chi connectivity index (χ1) is 7.98. The van der Waals surface area contributed by atoms with Crippen molar-refractivity contribution in [2.75, 3.05) is 0 Å². The molecular weight excluding hydrogens is 297 g/mol. The van der Waals surface area contributed by atoms with Gasteiger partial charge in [0.2, 0.25) is 0 Å². The maximum Gasteiger partial charge on any atom is 0.417 e. The predicted octanol–water partition coefficient (Wildman–Crippen LogP) is 3.71. The maximum atomic E-state index is 12.9. The van der Waals surface area contributed by atoms with Crippen LogP contribution in [0.5, 0.6) is 0 Å². The highest BCUT2D eigenvalue weighted by Gasteiger charge is 2.35. The Morgan fingerprint density at radius 2 is 2.06 bits per heavy atom. The van der Waals surface area contributed by atoms with E-state index in [9.17, 15) is 13.2 Å². The molecule has 0 aliphatic rings. The Morgan fingerprint density at radius 1 is 1.29 bits per heavy atom. The number of hydrogen-bond donors (Lipinski definition) is 0. The molecule has 0 atom stereocenters. The number of rotatable bonds is 2. The molecule has 6 heteroatoms. The van der Waals surface area contributed by atoms with Gasteiger partial charge in [-0.25, -0.2) is 4.98 Å². The van der Waals surface area contributed by atoms with Crippen LogP contribution in [0, 0.1) is 0 Å². The van der Waals surface area contributed by atoms with Crippen LogP contribution in [0.15, 0.2) is 41.4 Å². The van der Waals surface area contributed by atoms with Crippen LogP contribution >= 0.6 is 15.9 Å². The zero-order valence-corrected chi connectivity index (χ0v) is 10.2. The van der Waals surface area contributed by atoms with E-state index >= 15 is 0 Å². The molecule has 0 N–H and O–H groups in total. The normalized spacial score (nSPS) is 11.8. The smallest absolute Gasteiger partial charge is 0.333 e. The number of nitrogens with zero attached hydrogens (tertiary/aromatic N) is 2. The monoisotopic (exact) mass is 304 g/mol. The van der Waals surface area contributed by atoms with E-state index < -0.39 is 11.7 Å². The molecule has 2 aromatic rings. The Morgan fingerprint density at radius 3 is 2.65 bits per heavy atom. The van der Waals surface area contributed by atoms with Gasteiger partial charge in [0.05, 0.1) is 11.9 Å². The van der Waals surface area contributed by atoms with Crippen LogP contribution in [0.3, 0.4) is 0 Å². The predicted molar refractivity (Wildman–Crippen MR) is 60.5 cm³/mol. The van der Waals surface area contributed by atoms with Crippen LogP contribution in [-0.2, 0) is 12.7 Å². The minimum absolute atomic E-state index is 0.0580. The van der Waals surface area contributed by atoms with E-state index in [4.69, 9.17) is 0 Å². The fourth-order valence-electron chi connectivity index (χ4n) is 1.59. The minimum Gasteiger partial charge on any atom is -0.333 e. The van der Waals surface area contributed by atoms with Crippen LogP contribution in [0.4, 0.5) is 13.2 Å². The Bertz CT molecular complexity index is 506. The number of imidazole rings is 1. The average molecular weight is 305 g/mol. The van der Waals surface area contributed by atoms with Gasteiger partial charge in [-0.05, 0) is 11.6 Å². The molecule has 1 aromatic heterocycles. The van der Waals surface area contributed by atoms with Crippen molar-refractivity contribution in [3.8, 4) is 0 Å². The van der Waals surface area contributed by atoms with E-state index in [1.54, 1.807) is 16.8 Å². The van der Waals surface area contributed by atoms with Crippen LogP contribution in [0.2, 0.25) is 0 Å². The largest absolute Gasteiger partial charge is 0.417 e. The molecule has 0 aliphatic carbocycles. The Hall–Kier alpha value is -1.30. The van der Waals surface area contributed by atoms with Crippen molar-refractivity contribution in [1.29, 1.82) is 0 Å². The van der Waals surface area contributed by atoms with Crippen molar-refractivity contribution in [2.24, 2.45) is 0 Å². The summed E-state index contributed by atoms with van der Waals surface area (Å²) in [5.41, 5.74) is -0.418. The average Bonchev–Trinajstić information content (AvgIpc) is 2.68. The van der Waals surface area contributed by atoms with Crippen molar-refractivity contribution < 1.29 is 13.2 Å². The second-order valence-corrected chi connectivity index (χ2v) is 4.36. The summed E-state index contributed by atoms with van der Waals surface area (Å²) in [6, 6.07) is 4.44. The lowest BCUT2D eigenvalue weighted by molar-refractivity contribution is -0.138. The van der Waals surface area contributed by atoms with Crippen molar-refractivity contribution in [3.05, 3.63) is 52.5 Å². The fourth-order valence-corrected chi connectivity index (χ4v) is 2.23. The first-order valence-corrected chi connectivity index (χ1v) is 5.58. The molecule has 0 saturated heterocycles. The van der Waals surface area contributed by atoms with Crippen molar-refractivity contribution in [3.63, 3.8) is 0 Å². The first kappa shape index (κ1) is 12.2. The molecule has 0 fully saturated rings. The summed E-state index contributed by atoms with van der Waals surface area (Å²) in [5.74, 6) is 0. The van der Waals surface area contributed by atoms with Crippen LogP contribution < -0.4 is 0 Å². The summed E-state index contributed by atoms with van der Waals surface area (Å²) >= 11 is 2.94. The number of hydrogen-bond acceptors (Lipinski definition) is 1. The molecule has 0 spiro atoms. The van der Waals surface area contributed by atoms with E-state index in [0.717, 1.165) is 0 Å². The van der Waals surface area contributed by atoms with Crippen molar-refractivity contribution in [2.45, 2.75) is 12.7 Å². The molecule has 1 aromatic carbocycles. The molecule has 17 heavy (non-hydrogen) atoms. The molecule has 2 rings (SSSR count). The maximum absolute atomic E-state index is 12.9. The Kier molecular flexibility index (Phi) is 3.24. The van der Waals surface area contributed by atoms with E-state index in [1.165, 1.54) is 24.7 Å². The fraction of sp³-hybridized carbons (Fsp3) is 0.182. The molecule has 90 valence electrons. The quantitative estimate of drug-likeness (QED) is 0.827. The number of halogens is 4. The molecular formula is C11H8BrF3N2. The lowest BCUT2D eigenvalue weighted by atomic mass is 10.1. The third kappa shape index (κ3) is 2.69. The molecule has 0 amide bonds. The van der Waals surface area contributed by atoms with E-state index in [2.05, 4.69) is 20.9 Å². The van der Waals surface area contributed by atoms with Crippen LogP contribution in [-0.4, -0.2) is 9.55 Å². The van der Waals surface area contributed by atoms with Gasteiger partial charge in [0.15, 0.2) is 0 Å². The van der Waals surface area contributed by atoms with Crippen molar-refractivity contribution in [1.82, 2.24) is 9.55 Å². The second kappa shape index (κ2) is 4.52. The lowest BCUT2D eigenvalue weighted by Crippen LogP contribution is -2.12. The first-order valence-electron chi connectivity index (χ1n) is 4.79. The molecule has 0 saturated carbocycles. The third-order valence-corrected chi connectivity index (χ3v) is 2.96.